The maximum Gasteiger partial charge on any atom is 0.0247 e. The van der Waals surface area contributed by atoms with Crippen LogP contribution in [0.5, 0.6) is 0 Å². The number of nitrogens with zero attached hydrogens (tertiary/aromatic N) is 2. The van der Waals surface area contributed by atoms with Gasteiger partial charge in [-0.3, -0.25) is 9.80 Å². The molecule has 0 aromatic rings. The first-order chi connectivity index (χ1) is 9.30. The van der Waals surface area contributed by atoms with Gasteiger partial charge in [-0.15, -0.1) is 0 Å². The van der Waals surface area contributed by atoms with Crippen molar-refractivity contribution in [3.05, 3.63) is 0 Å². The molecule has 2 saturated heterocycles. The van der Waals surface area contributed by atoms with Gasteiger partial charge in [-0.1, -0.05) is 33.1 Å². The van der Waals surface area contributed by atoms with E-state index in [0.29, 0.717) is 6.04 Å². The third kappa shape index (κ3) is 3.71. The second-order valence-electron chi connectivity index (χ2n) is 6.41. The molecule has 0 amide bonds. The van der Waals surface area contributed by atoms with E-state index in [4.69, 9.17) is 5.73 Å². The molecule has 0 aliphatic carbocycles. The number of rotatable bonds is 6. The summed E-state index contributed by atoms with van der Waals surface area (Å²) in [5.74, 6) is 0.783. The van der Waals surface area contributed by atoms with Gasteiger partial charge in [0, 0.05) is 31.7 Å². The third-order valence-corrected chi connectivity index (χ3v) is 5.41. The minimum absolute atomic E-state index is 0.616. The average Bonchev–Trinajstić information content (AvgIpc) is 2.95. The van der Waals surface area contributed by atoms with Crippen LogP contribution in [-0.4, -0.2) is 54.6 Å². The number of nitrogens with two attached hydrogens (primary N) is 1. The quantitative estimate of drug-likeness (QED) is 0.801. The summed E-state index contributed by atoms with van der Waals surface area (Å²) in [6.45, 7) is 10.6. The monoisotopic (exact) mass is 267 g/mol. The molecule has 0 spiro atoms. The highest BCUT2D eigenvalue weighted by Gasteiger charge is 2.33. The molecular formula is C16H33N3. The Morgan fingerprint density at radius 1 is 1.05 bits per heavy atom. The lowest BCUT2D eigenvalue weighted by molar-refractivity contribution is 0.132. The van der Waals surface area contributed by atoms with Crippen LogP contribution in [0.1, 0.15) is 52.4 Å². The first-order valence-electron chi connectivity index (χ1n) is 8.48. The maximum absolute atomic E-state index is 6.07. The van der Waals surface area contributed by atoms with Crippen molar-refractivity contribution in [2.45, 2.75) is 64.5 Å². The molecule has 0 aromatic carbocycles. The first-order valence-corrected chi connectivity index (χ1v) is 8.48. The van der Waals surface area contributed by atoms with Crippen molar-refractivity contribution in [3.8, 4) is 0 Å². The Morgan fingerprint density at radius 2 is 1.74 bits per heavy atom. The van der Waals surface area contributed by atoms with Crippen LogP contribution >= 0.6 is 0 Å². The molecule has 0 radical (unpaired) electrons. The molecule has 112 valence electrons. The highest BCUT2D eigenvalue weighted by Crippen LogP contribution is 2.25. The van der Waals surface area contributed by atoms with Gasteiger partial charge in [0.05, 0.1) is 0 Å². The fourth-order valence-electron chi connectivity index (χ4n) is 4.12. The molecule has 2 aliphatic heterocycles. The summed E-state index contributed by atoms with van der Waals surface area (Å²) in [4.78, 5) is 5.43. The van der Waals surface area contributed by atoms with Crippen LogP contribution in [0, 0.1) is 5.92 Å². The Kier molecular flexibility index (Phi) is 6.11. The van der Waals surface area contributed by atoms with E-state index in [1.807, 2.05) is 0 Å². The minimum Gasteiger partial charge on any atom is -0.329 e. The average molecular weight is 267 g/mol. The van der Waals surface area contributed by atoms with Crippen molar-refractivity contribution in [2.24, 2.45) is 11.7 Å². The summed E-state index contributed by atoms with van der Waals surface area (Å²) in [6, 6.07) is 1.42. The SMILES string of the molecule is CCC(CC)C(CN)N1CCC(N2CCCCC2)C1. The number of hydrogen-bond acceptors (Lipinski definition) is 3. The molecule has 2 rings (SSSR count). The lowest BCUT2D eigenvalue weighted by Gasteiger charge is -2.35. The van der Waals surface area contributed by atoms with Crippen molar-refractivity contribution in [1.29, 1.82) is 0 Å². The van der Waals surface area contributed by atoms with Crippen LogP contribution in [0.25, 0.3) is 0 Å². The lowest BCUT2D eigenvalue weighted by atomic mass is 9.93. The van der Waals surface area contributed by atoms with Gasteiger partial charge >= 0.3 is 0 Å². The van der Waals surface area contributed by atoms with Crippen LogP contribution in [0.15, 0.2) is 0 Å². The normalized spacial score (nSPS) is 28.1. The summed E-state index contributed by atoms with van der Waals surface area (Å²) in [5.41, 5.74) is 6.07. The number of piperidine rings is 1. The van der Waals surface area contributed by atoms with E-state index < -0.39 is 0 Å². The van der Waals surface area contributed by atoms with Crippen LogP contribution in [0.3, 0.4) is 0 Å². The van der Waals surface area contributed by atoms with E-state index in [2.05, 4.69) is 23.6 Å². The van der Waals surface area contributed by atoms with E-state index in [1.165, 1.54) is 64.7 Å². The predicted molar refractivity (Wildman–Crippen MR) is 82.3 cm³/mol. The summed E-state index contributed by atoms with van der Waals surface area (Å²) in [5, 5.41) is 0. The van der Waals surface area contributed by atoms with Crippen molar-refractivity contribution < 1.29 is 0 Å². The fraction of sp³-hybridized carbons (Fsp3) is 1.00. The zero-order chi connectivity index (χ0) is 13.7. The summed E-state index contributed by atoms with van der Waals surface area (Å²) in [6.07, 6.45) is 8.14. The van der Waals surface area contributed by atoms with Gasteiger partial charge in [0.2, 0.25) is 0 Å². The molecule has 3 nitrogen and oxygen atoms in total. The van der Waals surface area contributed by atoms with Gasteiger partial charge in [-0.2, -0.15) is 0 Å². The van der Waals surface area contributed by atoms with E-state index >= 15 is 0 Å². The Balaban J connectivity index is 1.88. The smallest absolute Gasteiger partial charge is 0.0247 e. The van der Waals surface area contributed by atoms with Crippen LogP contribution in [0.4, 0.5) is 0 Å². The molecule has 2 fully saturated rings. The zero-order valence-corrected chi connectivity index (χ0v) is 13.0. The van der Waals surface area contributed by atoms with Crippen LogP contribution in [-0.2, 0) is 0 Å². The summed E-state index contributed by atoms with van der Waals surface area (Å²) in [7, 11) is 0. The molecule has 0 aromatic heterocycles. The van der Waals surface area contributed by atoms with Crippen molar-refractivity contribution in [3.63, 3.8) is 0 Å². The predicted octanol–water partition coefficient (Wildman–Crippen LogP) is 2.31. The first kappa shape index (κ1) is 15.3. The Morgan fingerprint density at radius 3 is 2.32 bits per heavy atom. The molecule has 0 bridgehead atoms. The van der Waals surface area contributed by atoms with Crippen molar-refractivity contribution in [2.75, 3.05) is 32.7 Å². The maximum atomic E-state index is 6.07. The van der Waals surface area contributed by atoms with Gasteiger partial charge in [-0.25, -0.2) is 0 Å². The van der Waals surface area contributed by atoms with E-state index in [1.54, 1.807) is 0 Å². The summed E-state index contributed by atoms with van der Waals surface area (Å²) >= 11 is 0. The fourth-order valence-corrected chi connectivity index (χ4v) is 4.12. The zero-order valence-electron chi connectivity index (χ0n) is 13.0. The molecule has 2 atom stereocenters. The van der Waals surface area contributed by atoms with Gasteiger partial charge in [0.1, 0.15) is 0 Å². The third-order valence-electron chi connectivity index (χ3n) is 5.41. The molecular weight excluding hydrogens is 234 g/mol. The number of likely N-dealkylation sites (tertiary alicyclic amines) is 2. The molecule has 3 heteroatoms. The number of hydrogen-bond donors (Lipinski definition) is 1. The topological polar surface area (TPSA) is 32.5 Å². The standard InChI is InChI=1S/C16H33N3/c1-3-14(4-2)16(12-17)19-11-8-15(13-19)18-9-6-5-7-10-18/h14-16H,3-13,17H2,1-2H3. The second-order valence-corrected chi connectivity index (χ2v) is 6.41. The Bertz CT molecular complexity index is 246. The van der Waals surface area contributed by atoms with Crippen molar-refractivity contribution >= 4 is 0 Å². The van der Waals surface area contributed by atoms with Gasteiger partial charge in [0.25, 0.3) is 0 Å². The minimum atomic E-state index is 0.616. The van der Waals surface area contributed by atoms with Gasteiger partial charge in [-0.05, 0) is 38.3 Å². The van der Waals surface area contributed by atoms with E-state index in [0.717, 1.165) is 18.5 Å². The molecule has 19 heavy (non-hydrogen) atoms. The largest absolute Gasteiger partial charge is 0.329 e. The van der Waals surface area contributed by atoms with E-state index in [9.17, 15) is 0 Å². The molecule has 2 heterocycles. The second kappa shape index (κ2) is 7.61. The van der Waals surface area contributed by atoms with Crippen LogP contribution in [0.2, 0.25) is 0 Å². The summed E-state index contributed by atoms with van der Waals surface area (Å²) < 4.78 is 0. The Hall–Kier alpha value is -0.120. The highest BCUT2D eigenvalue weighted by atomic mass is 15.3. The Labute approximate surface area is 119 Å². The van der Waals surface area contributed by atoms with Crippen molar-refractivity contribution in [1.82, 2.24) is 9.80 Å². The van der Waals surface area contributed by atoms with Crippen LogP contribution < -0.4 is 5.73 Å². The van der Waals surface area contributed by atoms with Gasteiger partial charge in [0.15, 0.2) is 0 Å². The molecule has 2 N–H and O–H groups in total. The highest BCUT2D eigenvalue weighted by molar-refractivity contribution is 4.90. The molecule has 0 saturated carbocycles. The molecule has 2 unspecified atom stereocenters. The molecule has 2 aliphatic rings. The lowest BCUT2D eigenvalue weighted by Crippen LogP contribution is -2.47. The van der Waals surface area contributed by atoms with Gasteiger partial charge < -0.3 is 5.73 Å². The van der Waals surface area contributed by atoms with E-state index in [-0.39, 0.29) is 0 Å².